The van der Waals surface area contributed by atoms with Gasteiger partial charge in [0.05, 0.1) is 0 Å². The van der Waals surface area contributed by atoms with Crippen LogP contribution in [0.4, 0.5) is 5.69 Å². The molecule has 0 radical (unpaired) electrons. The molecule has 3 rings (SSSR count). The van der Waals surface area contributed by atoms with Crippen molar-refractivity contribution in [2.45, 2.75) is 13.5 Å². The number of hydrogen-bond acceptors (Lipinski definition) is 2. The molecule has 0 amide bonds. The van der Waals surface area contributed by atoms with Crippen LogP contribution in [0.2, 0.25) is 0 Å². The van der Waals surface area contributed by atoms with Crippen LogP contribution in [0.3, 0.4) is 0 Å². The van der Waals surface area contributed by atoms with Gasteiger partial charge in [0, 0.05) is 35.4 Å². The lowest BCUT2D eigenvalue weighted by Crippen LogP contribution is -2.00. The Balaban J connectivity index is 1.86. The summed E-state index contributed by atoms with van der Waals surface area (Å²) >= 11 is 0. The molecule has 0 fully saturated rings. The summed E-state index contributed by atoms with van der Waals surface area (Å²) in [5, 5.41) is 5.88. The maximum atomic E-state index is 4.16. The summed E-state index contributed by atoms with van der Waals surface area (Å²) in [6.07, 6.45) is 3.73. The molecule has 0 unspecified atom stereocenters. The lowest BCUT2D eigenvalue weighted by atomic mass is 10.1. The van der Waals surface area contributed by atoms with Gasteiger partial charge in [-0.05, 0) is 24.6 Å². The molecule has 0 saturated heterocycles. The summed E-state index contributed by atoms with van der Waals surface area (Å²) < 4.78 is 0. The molecule has 0 aliphatic heterocycles. The Morgan fingerprint density at radius 2 is 1.95 bits per heavy atom. The fourth-order valence-corrected chi connectivity index (χ4v) is 2.30. The number of fused-ring (bicyclic) bond motifs is 1. The Morgan fingerprint density at radius 3 is 2.84 bits per heavy atom. The van der Waals surface area contributed by atoms with Crippen molar-refractivity contribution >= 4 is 16.5 Å². The number of pyridine rings is 1. The van der Waals surface area contributed by atoms with E-state index in [1.54, 1.807) is 0 Å². The lowest BCUT2D eigenvalue weighted by Gasteiger charge is -2.10. The van der Waals surface area contributed by atoms with E-state index < -0.39 is 0 Å². The zero-order chi connectivity index (χ0) is 13.1. The fourth-order valence-electron chi connectivity index (χ4n) is 2.30. The molecule has 0 bridgehead atoms. The molecule has 94 valence electrons. The van der Waals surface area contributed by atoms with Gasteiger partial charge in [0.15, 0.2) is 0 Å². The quantitative estimate of drug-likeness (QED) is 0.753. The molecule has 2 heteroatoms. The van der Waals surface area contributed by atoms with E-state index in [0.717, 1.165) is 17.6 Å². The third-order valence-electron chi connectivity index (χ3n) is 3.25. The van der Waals surface area contributed by atoms with Crippen molar-refractivity contribution in [3.8, 4) is 0 Å². The number of nitrogens with zero attached hydrogens (tertiary/aromatic N) is 1. The summed E-state index contributed by atoms with van der Waals surface area (Å²) in [5.74, 6) is 0. The second-order valence-electron chi connectivity index (χ2n) is 4.74. The summed E-state index contributed by atoms with van der Waals surface area (Å²) in [5.41, 5.74) is 3.74. The molecule has 3 aromatic rings. The highest BCUT2D eigenvalue weighted by molar-refractivity contribution is 5.93. The number of anilines is 1. The Hall–Kier alpha value is -2.35. The van der Waals surface area contributed by atoms with E-state index in [9.17, 15) is 0 Å². The standard InChI is InChI=1S/C17H16N2/c1-13-4-2-5-14(10-13)11-19-17-7-3-6-15-12-18-9-8-16(15)17/h2-10,12,19H,11H2,1H3. The topological polar surface area (TPSA) is 24.9 Å². The average molecular weight is 248 g/mol. The van der Waals surface area contributed by atoms with Gasteiger partial charge in [-0.1, -0.05) is 42.0 Å². The first kappa shape index (κ1) is 11.7. The van der Waals surface area contributed by atoms with Crippen molar-refractivity contribution < 1.29 is 0 Å². The largest absolute Gasteiger partial charge is 0.380 e. The minimum Gasteiger partial charge on any atom is -0.380 e. The molecule has 0 saturated carbocycles. The first-order valence-corrected chi connectivity index (χ1v) is 6.45. The van der Waals surface area contributed by atoms with Gasteiger partial charge in [-0.15, -0.1) is 0 Å². The molecule has 0 atom stereocenters. The predicted octanol–water partition coefficient (Wildman–Crippen LogP) is 4.16. The Labute approximate surface area is 113 Å². The van der Waals surface area contributed by atoms with Crippen molar-refractivity contribution in [1.29, 1.82) is 0 Å². The van der Waals surface area contributed by atoms with Crippen molar-refractivity contribution in [2.24, 2.45) is 0 Å². The smallest absolute Gasteiger partial charge is 0.0423 e. The van der Waals surface area contributed by atoms with Crippen LogP contribution >= 0.6 is 0 Å². The van der Waals surface area contributed by atoms with Crippen LogP contribution in [0.25, 0.3) is 10.8 Å². The van der Waals surface area contributed by atoms with Crippen LogP contribution in [-0.2, 0) is 6.54 Å². The van der Waals surface area contributed by atoms with E-state index >= 15 is 0 Å². The maximum Gasteiger partial charge on any atom is 0.0423 e. The number of aromatic nitrogens is 1. The highest BCUT2D eigenvalue weighted by Gasteiger charge is 2.00. The predicted molar refractivity (Wildman–Crippen MR) is 80.2 cm³/mol. The van der Waals surface area contributed by atoms with Gasteiger partial charge in [-0.3, -0.25) is 4.98 Å². The van der Waals surface area contributed by atoms with Crippen molar-refractivity contribution in [3.05, 3.63) is 72.1 Å². The Bertz CT molecular complexity index is 699. The highest BCUT2D eigenvalue weighted by atomic mass is 14.9. The molecule has 2 aromatic carbocycles. The molecular formula is C17H16N2. The van der Waals surface area contributed by atoms with Crippen LogP contribution in [0, 0.1) is 6.92 Å². The zero-order valence-electron chi connectivity index (χ0n) is 10.9. The monoisotopic (exact) mass is 248 g/mol. The molecule has 0 aliphatic rings. The Kier molecular flexibility index (Phi) is 3.15. The highest BCUT2D eigenvalue weighted by Crippen LogP contribution is 2.22. The van der Waals surface area contributed by atoms with Crippen molar-refractivity contribution in [1.82, 2.24) is 4.98 Å². The number of nitrogens with one attached hydrogen (secondary N) is 1. The minimum absolute atomic E-state index is 0.836. The van der Waals surface area contributed by atoms with Crippen molar-refractivity contribution in [2.75, 3.05) is 5.32 Å². The van der Waals surface area contributed by atoms with Gasteiger partial charge in [-0.25, -0.2) is 0 Å². The van der Waals surface area contributed by atoms with Gasteiger partial charge < -0.3 is 5.32 Å². The van der Waals surface area contributed by atoms with E-state index in [4.69, 9.17) is 0 Å². The van der Waals surface area contributed by atoms with Gasteiger partial charge in [0.1, 0.15) is 0 Å². The normalized spacial score (nSPS) is 10.6. The molecule has 0 spiro atoms. The maximum absolute atomic E-state index is 4.16. The SMILES string of the molecule is Cc1cccc(CNc2cccc3cnccc23)c1. The molecule has 2 nitrogen and oxygen atoms in total. The first-order valence-electron chi connectivity index (χ1n) is 6.45. The zero-order valence-corrected chi connectivity index (χ0v) is 10.9. The van der Waals surface area contributed by atoms with E-state index in [1.165, 1.54) is 16.5 Å². The number of hydrogen-bond donors (Lipinski definition) is 1. The summed E-state index contributed by atoms with van der Waals surface area (Å²) in [6, 6.07) is 16.9. The van der Waals surface area contributed by atoms with Gasteiger partial charge >= 0.3 is 0 Å². The van der Waals surface area contributed by atoms with Gasteiger partial charge in [0.25, 0.3) is 0 Å². The number of benzene rings is 2. The van der Waals surface area contributed by atoms with Crippen LogP contribution in [-0.4, -0.2) is 4.98 Å². The number of aryl methyl sites for hydroxylation is 1. The summed E-state index contributed by atoms with van der Waals surface area (Å²) in [4.78, 5) is 4.16. The average Bonchev–Trinajstić information content (AvgIpc) is 2.45. The third-order valence-corrected chi connectivity index (χ3v) is 3.25. The second-order valence-corrected chi connectivity index (χ2v) is 4.74. The third kappa shape index (κ3) is 2.58. The van der Waals surface area contributed by atoms with Crippen LogP contribution in [0.5, 0.6) is 0 Å². The molecule has 0 aliphatic carbocycles. The number of rotatable bonds is 3. The van der Waals surface area contributed by atoms with E-state index in [-0.39, 0.29) is 0 Å². The summed E-state index contributed by atoms with van der Waals surface area (Å²) in [7, 11) is 0. The van der Waals surface area contributed by atoms with Crippen LogP contribution < -0.4 is 5.32 Å². The minimum atomic E-state index is 0.836. The van der Waals surface area contributed by atoms with E-state index in [2.05, 4.69) is 59.7 Å². The van der Waals surface area contributed by atoms with Crippen LogP contribution in [0.1, 0.15) is 11.1 Å². The van der Waals surface area contributed by atoms with E-state index in [1.807, 2.05) is 18.5 Å². The lowest BCUT2D eigenvalue weighted by molar-refractivity contribution is 1.14. The Morgan fingerprint density at radius 1 is 1.05 bits per heavy atom. The molecular weight excluding hydrogens is 232 g/mol. The van der Waals surface area contributed by atoms with E-state index in [0.29, 0.717) is 0 Å². The molecule has 1 aromatic heterocycles. The fraction of sp³-hybridized carbons (Fsp3) is 0.118. The van der Waals surface area contributed by atoms with Crippen LogP contribution in [0.15, 0.2) is 60.9 Å². The van der Waals surface area contributed by atoms with Gasteiger partial charge in [0.2, 0.25) is 0 Å². The van der Waals surface area contributed by atoms with Crippen molar-refractivity contribution in [3.63, 3.8) is 0 Å². The van der Waals surface area contributed by atoms with Gasteiger partial charge in [-0.2, -0.15) is 0 Å². The summed E-state index contributed by atoms with van der Waals surface area (Å²) in [6.45, 7) is 2.95. The second kappa shape index (κ2) is 5.11. The molecule has 1 N–H and O–H groups in total. The first-order chi connectivity index (χ1) is 9.33. The molecule has 1 heterocycles. The molecule has 19 heavy (non-hydrogen) atoms.